The molecule has 0 unspecified atom stereocenters. The molecule has 5 atom stereocenters. The first kappa shape index (κ1) is 18.4. The fourth-order valence-corrected chi connectivity index (χ4v) is 6.12. The Morgan fingerprint density at radius 3 is 2.46 bits per heavy atom. The maximum absolute atomic E-state index is 12.4. The third-order valence-corrected chi connectivity index (χ3v) is 12.5. The topological polar surface area (TPSA) is 26.3 Å². The van der Waals surface area contributed by atoms with Crippen molar-refractivity contribution >= 4 is 14.1 Å². The lowest BCUT2D eigenvalue weighted by Gasteiger charge is -2.38. The van der Waals surface area contributed by atoms with Gasteiger partial charge in [-0.3, -0.25) is 4.79 Å². The molecule has 0 heterocycles. The standard InChI is InChI=1S/C21H36O2Si/c1-13-17(22)11-15-14(12-23-24(7,8)20(2,3)4)9-10-16-19(18(13)15)21(16,5)6/h11,13-14,16,18-19H,9-10,12H2,1-8H3/t13-,14+,16+,18+,19+/m0/s1. The van der Waals surface area contributed by atoms with Gasteiger partial charge in [-0.05, 0) is 60.2 Å². The molecular weight excluding hydrogens is 312 g/mol. The Kier molecular flexibility index (Phi) is 4.24. The maximum atomic E-state index is 12.4. The van der Waals surface area contributed by atoms with E-state index in [1.165, 1.54) is 18.4 Å². The van der Waals surface area contributed by atoms with E-state index in [-0.39, 0.29) is 11.0 Å². The van der Waals surface area contributed by atoms with Gasteiger partial charge < -0.3 is 4.43 Å². The SMILES string of the molecule is C[C@H]1C(=O)C=C2[C@@H](CO[Si](C)(C)C(C)(C)C)CC[C@@H]3[C@H]([C@@H]21)C3(C)C. The third-order valence-electron chi connectivity index (χ3n) is 7.96. The molecule has 2 fully saturated rings. The molecule has 0 aliphatic heterocycles. The summed E-state index contributed by atoms with van der Waals surface area (Å²) in [5.74, 6) is 2.99. The van der Waals surface area contributed by atoms with Crippen molar-refractivity contribution in [3.05, 3.63) is 11.6 Å². The Labute approximate surface area is 149 Å². The first-order chi connectivity index (χ1) is 10.9. The van der Waals surface area contributed by atoms with E-state index in [2.05, 4.69) is 54.6 Å². The van der Waals surface area contributed by atoms with Gasteiger partial charge in [-0.15, -0.1) is 0 Å². The molecule has 0 spiro atoms. The van der Waals surface area contributed by atoms with Crippen molar-refractivity contribution in [2.24, 2.45) is 35.0 Å². The Hall–Kier alpha value is -0.413. The van der Waals surface area contributed by atoms with Crippen molar-refractivity contribution in [1.29, 1.82) is 0 Å². The van der Waals surface area contributed by atoms with Crippen molar-refractivity contribution in [1.82, 2.24) is 0 Å². The zero-order valence-corrected chi connectivity index (χ0v) is 17.9. The Morgan fingerprint density at radius 2 is 1.88 bits per heavy atom. The molecule has 2 saturated carbocycles. The Morgan fingerprint density at radius 1 is 1.25 bits per heavy atom. The molecule has 3 rings (SSSR count). The lowest BCUT2D eigenvalue weighted by atomic mass is 9.80. The van der Waals surface area contributed by atoms with Gasteiger partial charge in [-0.1, -0.05) is 47.1 Å². The van der Waals surface area contributed by atoms with Gasteiger partial charge >= 0.3 is 0 Å². The van der Waals surface area contributed by atoms with Crippen LogP contribution in [0.15, 0.2) is 11.6 Å². The highest BCUT2D eigenvalue weighted by atomic mass is 28.4. The number of ketones is 1. The summed E-state index contributed by atoms with van der Waals surface area (Å²) in [4.78, 5) is 12.4. The highest BCUT2D eigenvalue weighted by Crippen LogP contribution is 2.69. The highest BCUT2D eigenvalue weighted by Gasteiger charge is 2.64. The van der Waals surface area contributed by atoms with Crippen LogP contribution < -0.4 is 0 Å². The second-order valence-corrected chi connectivity index (χ2v) is 15.5. The predicted octanol–water partition coefficient (Wildman–Crippen LogP) is 5.45. The van der Waals surface area contributed by atoms with Gasteiger partial charge in [0.2, 0.25) is 0 Å². The van der Waals surface area contributed by atoms with E-state index in [9.17, 15) is 4.79 Å². The number of hydrogen-bond acceptors (Lipinski definition) is 2. The summed E-state index contributed by atoms with van der Waals surface area (Å²) < 4.78 is 6.56. The summed E-state index contributed by atoms with van der Waals surface area (Å²) in [6, 6.07) is 0. The number of carbonyl (C=O) groups excluding carboxylic acids is 1. The van der Waals surface area contributed by atoms with E-state index >= 15 is 0 Å². The third kappa shape index (κ3) is 2.76. The van der Waals surface area contributed by atoms with E-state index in [1.807, 2.05) is 6.08 Å². The molecule has 3 heteroatoms. The van der Waals surface area contributed by atoms with Gasteiger partial charge in [-0.25, -0.2) is 0 Å². The summed E-state index contributed by atoms with van der Waals surface area (Å²) >= 11 is 0. The molecule has 3 aliphatic carbocycles. The van der Waals surface area contributed by atoms with Crippen LogP contribution in [0.25, 0.3) is 0 Å². The molecule has 0 aromatic heterocycles. The van der Waals surface area contributed by atoms with Gasteiger partial charge in [0.25, 0.3) is 0 Å². The molecular formula is C21H36O2Si. The molecule has 0 amide bonds. The minimum atomic E-state index is -1.73. The second kappa shape index (κ2) is 5.54. The van der Waals surface area contributed by atoms with Crippen molar-refractivity contribution in [2.45, 2.75) is 72.5 Å². The Bertz CT molecular complexity index is 567. The number of allylic oxidation sites excluding steroid dienone is 1. The minimum absolute atomic E-state index is 0.183. The van der Waals surface area contributed by atoms with Crippen molar-refractivity contribution < 1.29 is 9.22 Å². The van der Waals surface area contributed by atoms with E-state index < -0.39 is 8.32 Å². The summed E-state index contributed by atoms with van der Waals surface area (Å²) in [6.45, 7) is 19.3. The normalized spacial score (nSPS) is 38.2. The zero-order chi connectivity index (χ0) is 18.1. The van der Waals surface area contributed by atoms with Crippen LogP contribution in [0.2, 0.25) is 18.1 Å². The number of carbonyl (C=O) groups is 1. The molecule has 24 heavy (non-hydrogen) atoms. The zero-order valence-electron chi connectivity index (χ0n) is 16.9. The molecule has 0 aromatic rings. The Balaban J connectivity index is 1.79. The van der Waals surface area contributed by atoms with Crippen LogP contribution in [0, 0.1) is 35.0 Å². The van der Waals surface area contributed by atoms with E-state index in [4.69, 9.17) is 4.43 Å². The van der Waals surface area contributed by atoms with Gasteiger partial charge in [0, 0.05) is 18.4 Å². The van der Waals surface area contributed by atoms with E-state index in [0.29, 0.717) is 29.0 Å². The summed E-state index contributed by atoms with van der Waals surface area (Å²) in [5.41, 5.74) is 1.86. The lowest BCUT2D eigenvalue weighted by Crippen LogP contribution is -2.42. The van der Waals surface area contributed by atoms with Crippen LogP contribution in [0.3, 0.4) is 0 Å². The van der Waals surface area contributed by atoms with Crippen LogP contribution in [0.4, 0.5) is 0 Å². The van der Waals surface area contributed by atoms with Gasteiger partial charge in [-0.2, -0.15) is 0 Å². The molecule has 0 saturated heterocycles. The molecule has 0 bridgehead atoms. The van der Waals surface area contributed by atoms with Crippen LogP contribution in [-0.4, -0.2) is 20.7 Å². The fourth-order valence-electron chi connectivity index (χ4n) is 5.07. The van der Waals surface area contributed by atoms with Crippen LogP contribution in [0.1, 0.15) is 54.4 Å². The maximum Gasteiger partial charge on any atom is 0.192 e. The fraction of sp³-hybridized carbons (Fsp3) is 0.857. The second-order valence-electron chi connectivity index (χ2n) is 10.7. The van der Waals surface area contributed by atoms with E-state index in [1.54, 1.807) is 0 Å². The molecule has 0 aromatic carbocycles. The first-order valence-electron chi connectivity index (χ1n) is 9.77. The molecule has 3 aliphatic rings. The monoisotopic (exact) mass is 348 g/mol. The largest absolute Gasteiger partial charge is 0.416 e. The number of fused-ring (bicyclic) bond motifs is 3. The van der Waals surface area contributed by atoms with Crippen LogP contribution in [-0.2, 0) is 9.22 Å². The number of rotatable bonds is 3. The average molecular weight is 349 g/mol. The molecule has 0 N–H and O–H groups in total. The van der Waals surface area contributed by atoms with Crippen molar-refractivity contribution in [2.75, 3.05) is 6.61 Å². The summed E-state index contributed by atoms with van der Waals surface area (Å²) in [6.07, 6.45) is 4.51. The lowest BCUT2D eigenvalue weighted by molar-refractivity contribution is -0.118. The van der Waals surface area contributed by atoms with Crippen LogP contribution >= 0.6 is 0 Å². The number of hydrogen-bond donors (Lipinski definition) is 0. The summed E-state index contributed by atoms with van der Waals surface area (Å²) in [7, 11) is -1.73. The van der Waals surface area contributed by atoms with Gasteiger partial charge in [0.05, 0.1) is 0 Å². The quantitative estimate of drug-likeness (QED) is 0.634. The van der Waals surface area contributed by atoms with E-state index in [0.717, 1.165) is 12.5 Å². The van der Waals surface area contributed by atoms with Crippen molar-refractivity contribution in [3.8, 4) is 0 Å². The van der Waals surface area contributed by atoms with Crippen LogP contribution in [0.5, 0.6) is 0 Å². The summed E-state index contributed by atoms with van der Waals surface area (Å²) in [5, 5.41) is 0.244. The van der Waals surface area contributed by atoms with Gasteiger partial charge in [0.15, 0.2) is 14.1 Å². The molecule has 2 nitrogen and oxygen atoms in total. The molecule has 136 valence electrons. The van der Waals surface area contributed by atoms with Crippen molar-refractivity contribution in [3.63, 3.8) is 0 Å². The molecule has 0 radical (unpaired) electrons. The highest BCUT2D eigenvalue weighted by molar-refractivity contribution is 6.74. The minimum Gasteiger partial charge on any atom is -0.416 e. The van der Waals surface area contributed by atoms with Gasteiger partial charge in [0.1, 0.15) is 0 Å². The first-order valence-corrected chi connectivity index (χ1v) is 12.7. The smallest absolute Gasteiger partial charge is 0.192 e. The average Bonchev–Trinajstić information content (AvgIpc) is 2.92. The predicted molar refractivity (Wildman–Crippen MR) is 102 cm³/mol.